The summed E-state index contributed by atoms with van der Waals surface area (Å²) in [5, 5.41) is 9.71. The smallest absolute Gasteiger partial charge is 0.270 e. The molecule has 1 amide bonds. The van der Waals surface area contributed by atoms with Gasteiger partial charge in [-0.2, -0.15) is 0 Å². The molecule has 1 aliphatic rings. The third-order valence-corrected chi connectivity index (χ3v) is 5.47. The summed E-state index contributed by atoms with van der Waals surface area (Å²) in [6.07, 6.45) is 3.77. The zero-order chi connectivity index (χ0) is 18.9. The largest absolute Gasteiger partial charge is 0.351 e. The van der Waals surface area contributed by atoms with Crippen molar-refractivity contribution in [1.29, 1.82) is 0 Å². The highest BCUT2D eigenvalue weighted by Gasteiger charge is 2.26. The highest BCUT2D eigenvalue weighted by atomic mass is 16.2. The van der Waals surface area contributed by atoms with Crippen molar-refractivity contribution in [3.8, 4) is 11.3 Å². The Labute approximate surface area is 162 Å². The molecule has 4 aromatic rings. The second kappa shape index (κ2) is 6.96. The summed E-state index contributed by atoms with van der Waals surface area (Å²) >= 11 is 0. The number of piperidine rings is 1. The molecule has 28 heavy (non-hydrogen) atoms. The van der Waals surface area contributed by atoms with Crippen molar-refractivity contribution in [2.45, 2.75) is 18.9 Å². The molecule has 6 heteroatoms. The molecule has 0 aliphatic carbocycles. The molecule has 0 bridgehead atoms. The van der Waals surface area contributed by atoms with E-state index >= 15 is 0 Å². The molecule has 6 nitrogen and oxygen atoms in total. The van der Waals surface area contributed by atoms with Crippen LogP contribution in [-0.4, -0.2) is 43.9 Å². The molecular weight excluding hydrogens is 350 g/mol. The van der Waals surface area contributed by atoms with Gasteiger partial charge in [-0.25, -0.2) is 4.68 Å². The number of H-pyrrole nitrogens is 1. The quantitative estimate of drug-likeness (QED) is 0.594. The number of hydrogen-bond acceptors (Lipinski definition) is 3. The number of carbonyl (C=O) groups is 1. The molecule has 0 atom stereocenters. The van der Waals surface area contributed by atoms with Gasteiger partial charge < -0.3 is 9.88 Å². The van der Waals surface area contributed by atoms with Gasteiger partial charge in [0.15, 0.2) is 0 Å². The van der Waals surface area contributed by atoms with Gasteiger partial charge in [-0.3, -0.25) is 4.79 Å². The minimum Gasteiger partial charge on any atom is -0.351 e. The Morgan fingerprint density at radius 2 is 1.75 bits per heavy atom. The van der Waals surface area contributed by atoms with E-state index in [1.807, 2.05) is 76.4 Å². The van der Waals surface area contributed by atoms with Crippen LogP contribution in [0.2, 0.25) is 0 Å². The number of likely N-dealkylation sites (tertiary alicyclic amines) is 1. The summed E-state index contributed by atoms with van der Waals surface area (Å²) in [5.74, 6) is 0.0678. The van der Waals surface area contributed by atoms with Crippen LogP contribution in [0, 0.1) is 0 Å². The van der Waals surface area contributed by atoms with Crippen LogP contribution in [0.3, 0.4) is 0 Å². The normalized spacial score (nSPS) is 15.2. The zero-order valence-corrected chi connectivity index (χ0v) is 15.5. The van der Waals surface area contributed by atoms with Crippen LogP contribution in [-0.2, 0) is 0 Å². The van der Waals surface area contributed by atoms with E-state index in [0.717, 1.165) is 48.1 Å². The van der Waals surface area contributed by atoms with Crippen LogP contribution < -0.4 is 0 Å². The minimum atomic E-state index is 0.0678. The Balaban J connectivity index is 1.26. The first kappa shape index (κ1) is 16.7. The average Bonchev–Trinajstić information content (AvgIpc) is 3.41. The molecule has 3 heterocycles. The minimum absolute atomic E-state index is 0.0678. The molecule has 0 radical (unpaired) electrons. The third kappa shape index (κ3) is 3.07. The van der Waals surface area contributed by atoms with E-state index in [2.05, 4.69) is 15.3 Å². The second-order valence-electron chi connectivity index (χ2n) is 7.24. The molecule has 0 spiro atoms. The molecule has 0 unspecified atom stereocenters. The third-order valence-electron chi connectivity index (χ3n) is 5.47. The van der Waals surface area contributed by atoms with Gasteiger partial charge in [0.1, 0.15) is 11.4 Å². The Kier molecular flexibility index (Phi) is 4.16. The van der Waals surface area contributed by atoms with Gasteiger partial charge in [0.05, 0.1) is 12.2 Å². The molecular formula is C22H21N5O. The maximum absolute atomic E-state index is 12.9. The summed E-state index contributed by atoms with van der Waals surface area (Å²) in [5.41, 5.74) is 3.61. The number of benzene rings is 2. The first-order chi connectivity index (χ1) is 13.8. The van der Waals surface area contributed by atoms with Crippen molar-refractivity contribution in [2.75, 3.05) is 13.1 Å². The Morgan fingerprint density at radius 1 is 1.00 bits per heavy atom. The summed E-state index contributed by atoms with van der Waals surface area (Å²) in [4.78, 5) is 18.0. The molecule has 0 saturated carbocycles. The lowest BCUT2D eigenvalue weighted by atomic mass is 10.0. The van der Waals surface area contributed by atoms with Crippen LogP contribution >= 0.6 is 0 Å². The number of aromatic nitrogens is 4. The van der Waals surface area contributed by atoms with E-state index in [-0.39, 0.29) is 11.9 Å². The summed E-state index contributed by atoms with van der Waals surface area (Å²) in [6, 6.07) is 20.3. The fourth-order valence-corrected chi connectivity index (χ4v) is 3.89. The zero-order valence-electron chi connectivity index (χ0n) is 15.5. The lowest BCUT2D eigenvalue weighted by molar-refractivity contribution is 0.0684. The van der Waals surface area contributed by atoms with E-state index in [1.165, 1.54) is 0 Å². The summed E-state index contributed by atoms with van der Waals surface area (Å²) < 4.78 is 1.95. The number of aromatic amines is 1. The fraction of sp³-hybridized carbons (Fsp3) is 0.227. The van der Waals surface area contributed by atoms with Gasteiger partial charge in [-0.15, -0.1) is 5.10 Å². The van der Waals surface area contributed by atoms with Crippen molar-refractivity contribution in [3.05, 3.63) is 72.6 Å². The Morgan fingerprint density at radius 3 is 2.54 bits per heavy atom. The SMILES string of the molecule is O=C(c1cc2ccccc2[nH]1)N1CCC(n2cc(-c3ccccc3)nn2)CC1. The number of amides is 1. The number of fused-ring (bicyclic) bond motifs is 1. The Hall–Kier alpha value is -3.41. The first-order valence-electron chi connectivity index (χ1n) is 9.62. The number of nitrogens with zero attached hydrogens (tertiary/aromatic N) is 4. The Bertz CT molecular complexity index is 1070. The molecule has 5 rings (SSSR count). The van der Waals surface area contributed by atoms with E-state index in [0.29, 0.717) is 5.69 Å². The number of carbonyl (C=O) groups excluding carboxylic acids is 1. The van der Waals surface area contributed by atoms with Crippen LogP contribution in [0.15, 0.2) is 66.9 Å². The van der Waals surface area contributed by atoms with E-state index in [4.69, 9.17) is 0 Å². The van der Waals surface area contributed by atoms with Gasteiger partial charge in [-0.05, 0) is 25.0 Å². The monoisotopic (exact) mass is 371 g/mol. The number of nitrogens with one attached hydrogen (secondary N) is 1. The van der Waals surface area contributed by atoms with E-state index in [1.54, 1.807) is 0 Å². The predicted octanol–water partition coefficient (Wildman–Crippen LogP) is 3.90. The van der Waals surface area contributed by atoms with Crippen molar-refractivity contribution in [1.82, 2.24) is 24.9 Å². The van der Waals surface area contributed by atoms with Crippen molar-refractivity contribution in [2.24, 2.45) is 0 Å². The highest BCUT2D eigenvalue weighted by molar-refractivity contribution is 5.98. The molecule has 1 saturated heterocycles. The fourth-order valence-electron chi connectivity index (χ4n) is 3.89. The van der Waals surface area contributed by atoms with Gasteiger partial charge in [0.25, 0.3) is 5.91 Å². The number of para-hydroxylation sites is 1. The molecule has 140 valence electrons. The standard InChI is InChI=1S/C22H21N5O/c28-22(20-14-17-8-4-5-9-19(17)23-20)26-12-10-18(11-13-26)27-15-21(24-25-27)16-6-2-1-3-7-16/h1-9,14-15,18,23H,10-13H2. The van der Waals surface area contributed by atoms with Crippen molar-refractivity contribution < 1.29 is 4.79 Å². The molecule has 1 N–H and O–H groups in total. The lowest BCUT2D eigenvalue weighted by Gasteiger charge is -2.31. The molecule has 2 aromatic heterocycles. The van der Waals surface area contributed by atoms with Crippen LogP contribution in [0.4, 0.5) is 0 Å². The van der Waals surface area contributed by atoms with Crippen LogP contribution in [0.5, 0.6) is 0 Å². The lowest BCUT2D eigenvalue weighted by Crippen LogP contribution is -2.39. The van der Waals surface area contributed by atoms with Crippen molar-refractivity contribution >= 4 is 16.8 Å². The summed E-state index contributed by atoms with van der Waals surface area (Å²) in [6.45, 7) is 1.44. The summed E-state index contributed by atoms with van der Waals surface area (Å²) in [7, 11) is 0. The van der Waals surface area contributed by atoms with Gasteiger partial charge in [0, 0.05) is 29.6 Å². The topological polar surface area (TPSA) is 66.8 Å². The van der Waals surface area contributed by atoms with Crippen molar-refractivity contribution in [3.63, 3.8) is 0 Å². The maximum Gasteiger partial charge on any atom is 0.270 e. The predicted molar refractivity (Wildman–Crippen MR) is 108 cm³/mol. The second-order valence-corrected chi connectivity index (χ2v) is 7.24. The molecule has 1 fully saturated rings. The number of rotatable bonds is 3. The van der Waals surface area contributed by atoms with Gasteiger partial charge in [0.2, 0.25) is 0 Å². The average molecular weight is 371 g/mol. The highest BCUT2D eigenvalue weighted by Crippen LogP contribution is 2.25. The maximum atomic E-state index is 12.9. The first-order valence-corrected chi connectivity index (χ1v) is 9.62. The number of hydrogen-bond donors (Lipinski definition) is 1. The van der Waals surface area contributed by atoms with Crippen LogP contribution in [0.1, 0.15) is 29.4 Å². The van der Waals surface area contributed by atoms with Gasteiger partial charge >= 0.3 is 0 Å². The van der Waals surface area contributed by atoms with E-state index < -0.39 is 0 Å². The molecule has 2 aromatic carbocycles. The van der Waals surface area contributed by atoms with E-state index in [9.17, 15) is 4.79 Å². The van der Waals surface area contributed by atoms with Crippen LogP contribution in [0.25, 0.3) is 22.2 Å². The van der Waals surface area contributed by atoms with Gasteiger partial charge in [-0.1, -0.05) is 53.7 Å². The molecule has 1 aliphatic heterocycles.